The lowest BCUT2D eigenvalue weighted by Gasteiger charge is -2.15. The Hall–Kier alpha value is -1.53. The molecule has 3 N–H and O–H groups in total. The molecule has 0 aromatic heterocycles. The summed E-state index contributed by atoms with van der Waals surface area (Å²) in [4.78, 5) is 0.0604. The minimum atomic E-state index is -3.66. The third kappa shape index (κ3) is 4.25. The summed E-state index contributed by atoms with van der Waals surface area (Å²) in [5.41, 5.74) is 6.02. The molecule has 0 amide bonds. The van der Waals surface area contributed by atoms with Crippen molar-refractivity contribution in [2.24, 2.45) is 0 Å². The maximum absolute atomic E-state index is 12.3. The first-order valence-corrected chi connectivity index (χ1v) is 7.54. The van der Waals surface area contributed by atoms with E-state index in [9.17, 15) is 8.42 Å². The van der Waals surface area contributed by atoms with Gasteiger partial charge in [-0.25, -0.2) is 13.1 Å². The SMILES string of the molecule is C=CCC(C)NS(=O)(=O)c1cc(N)ccc1OCC. The summed E-state index contributed by atoms with van der Waals surface area (Å²) in [6.45, 7) is 7.53. The van der Waals surface area contributed by atoms with Gasteiger partial charge in [0, 0.05) is 11.7 Å². The molecule has 1 rings (SSSR count). The fraction of sp³-hybridized carbons (Fsp3) is 0.385. The van der Waals surface area contributed by atoms with Gasteiger partial charge in [0.2, 0.25) is 10.0 Å². The van der Waals surface area contributed by atoms with Gasteiger partial charge in [0.25, 0.3) is 0 Å². The van der Waals surface area contributed by atoms with Gasteiger partial charge in [0.1, 0.15) is 10.6 Å². The van der Waals surface area contributed by atoms with Crippen molar-refractivity contribution in [1.29, 1.82) is 0 Å². The third-order valence-electron chi connectivity index (χ3n) is 2.43. The van der Waals surface area contributed by atoms with Crippen molar-refractivity contribution in [3.05, 3.63) is 30.9 Å². The minimum Gasteiger partial charge on any atom is -0.492 e. The Morgan fingerprint density at radius 1 is 1.53 bits per heavy atom. The zero-order valence-electron chi connectivity index (χ0n) is 11.2. The predicted molar refractivity (Wildman–Crippen MR) is 76.6 cm³/mol. The molecule has 0 aliphatic heterocycles. The van der Waals surface area contributed by atoms with E-state index in [2.05, 4.69) is 11.3 Å². The lowest BCUT2D eigenvalue weighted by molar-refractivity contribution is 0.331. The summed E-state index contributed by atoms with van der Waals surface area (Å²) < 4.78 is 32.5. The van der Waals surface area contributed by atoms with Crippen LogP contribution in [0.4, 0.5) is 5.69 Å². The fourth-order valence-corrected chi connectivity index (χ4v) is 3.07. The number of nitrogens with one attached hydrogen (secondary N) is 1. The summed E-state index contributed by atoms with van der Waals surface area (Å²) in [5.74, 6) is 0.301. The van der Waals surface area contributed by atoms with E-state index in [-0.39, 0.29) is 10.9 Å². The van der Waals surface area contributed by atoms with E-state index in [0.29, 0.717) is 24.5 Å². The second kappa shape index (κ2) is 6.58. The predicted octanol–water partition coefficient (Wildman–Crippen LogP) is 1.91. The lowest BCUT2D eigenvalue weighted by Crippen LogP contribution is -2.32. The molecule has 0 radical (unpaired) electrons. The monoisotopic (exact) mass is 284 g/mol. The van der Waals surface area contributed by atoms with E-state index >= 15 is 0 Å². The van der Waals surface area contributed by atoms with E-state index < -0.39 is 10.0 Å². The molecule has 0 saturated heterocycles. The Balaban J connectivity index is 3.12. The average molecular weight is 284 g/mol. The maximum atomic E-state index is 12.3. The maximum Gasteiger partial charge on any atom is 0.244 e. The topological polar surface area (TPSA) is 81.4 Å². The van der Waals surface area contributed by atoms with Crippen LogP contribution in [0.25, 0.3) is 0 Å². The number of nitrogens with two attached hydrogens (primary N) is 1. The molecule has 0 bridgehead atoms. The number of nitrogen functional groups attached to an aromatic ring is 1. The highest BCUT2D eigenvalue weighted by molar-refractivity contribution is 7.89. The molecule has 106 valence electrons. The van der Waals surface area contributed by atoms with Gasteiger partial charge in [-0.3, -0.25) is 0 Å². The van der Waals surface area contributed by atoms with Crippen LogP contribution in [0.3, 0.4) is 0 Å². The minimum absolute atomic E-state index is 0.0604. The van der Waals surface area contributed by atoms with Gasteiger partial charge in [0.15, 0.2) is 0 Å². The molecule has 0 saturated carbocycles. The van der Waals surface area contributed by atoms with Crippen LogP contribution in [0.15, 0.2) is 35.7 Å². The van der Waals surface area contributed by atoms with E-state index in [4.69, 9.17) is 10.5 Å². The fourth-order valence-electron chi connectivity index (χ4n) is 1.64. The van der Waals surface area contributed by atoms with Crippen LogP contribution in [-0.2, 0) is 10.0 Å². The molecule has 0 aliphatic carbocycles. The summed E-state index contributed by atoms with van der Waals surface area (Å²) in [6, 6.07) is 4.33. The molecule has 1 aromatic carbocycles. The molecule has 0 spiro atoms. The first-order chi connectivity index (χ1) is 8.90. The molecule has 0 aliphatic rings. The molecule has 19 heavy (non-hydrogen) atoms. The quantitative estimate of drug-likeness (QED) is 0.592. The summed E-state index contributed by atoms with van der Waals surface area (Å²) >= 11 is 0. The number of sulfonamides is 1. The highest BCUT2D eigenvalue weighted by Gasteiger charge is 2.21. The summed E-state index contributed by atoms with van der Waals surface area (Å²) in [6.07, 6.45) is 2.21. The van der Waals surface area contributed by atoms with Crippen LogP contribution in [0, 0.1) is 0 Å². The van der Waals surface area contributed by atoms with Crippen molar-refractivity contribution in [2.45, 2.75) is 31.2 Å². The number of hydrogen-bond acceptors (Lipinski definition) is 4. The summed E-state index contributed by atoms with van der Waals surface area (Å²) in [5, 5.41) is 0. The van der Waals surface area contributed by atoms with Crippen LogP contribution >= 0.6 is 0 Å². The molecular formula is C13H20N2O3S. The molecule has 1 aromatic rings. The number of hydrogen-bond donors (Lipinski definition) is 2. The zero-order chi connectivity index (χ0) is 14.5. The molecule has 6 heteroatoms. The standard InChI is InChI=1S/C13H20N2O3S/c1-4-6-10(3)15-19(16,17)13-9-11(14)7-8-12(13)18-5-2/h4,7-10,15H,1,5-6,14H2,2-3H3. The second-order valence-electron chi connectivity index (χ2n) is 4.19. The highest BCUT2D eigenvalue weighted by atomic mass is 32.2. The van der Waals surface area contributed by atoms with Crippen molar-refractivity contribution in [1.82, 2.24) is 4.72 Å². The van der Waals surface area contributed by atoms with Gasteiger partial charge in [-0.05, 0) is 38.5 Å². The molecule has 5 nitrogen and oxygen atoms in total. The van der Waals surface area contributed by atoms with Gasteiger partial charge in [0.05, 0.1) is 6.61 Å². The van der Waals surface area contributed by atoms with Gasteiger partial charge in [-0.2, -0.15) is 0 Å². The Morgan fingerprint density at radius 2 is 2.21 bits per heavy atom. The number of rotatable bonds is 7. The van der Waals surface area contributed by atoms with Crippen LogP contribution in [0.2, 0.25) is 0 Å². The summed E-state index contributed by atoms with van der Waals surface area (Å²) in [7, 11) is -3.66. The largest absolute Gasteiger partial charge is 0.492 e. The van der Waals surface area contributed by atoms with Crippen molar-refractivity contribution in [3.8, 4) is 5.75 Å². The van der Waals surface area contributed by atoms with Gasteiger partial charge in [-0.15, -0.1) is 6.58 Å². The van der Waals surface area contributed by atoms with Crippen LogP contribution in [-0.4, -0.2) is 21.1 Å². The van der Waals surface area contributed by atoms with Crippen molar-refractivity contribution in [2.75, 3.05) is 12.3 Å². The molecule has 1 atom stereocenters. The molecule has 0 fully saturated rings. The first-order valence-electron chi connectivity index (χ1n) is 6.06. The van der Waals surface area contributed by atoms with Crippen LogP contribution < -0.4 is 15.2 Å². The normalized spacial score (nSPS) is 12.9. The lowest BCUT2D eigenvalue weighted by atomic mass is 10.3. The Kier molecular flexibility index (Phi) is 5.38. The van der Waals surface area contributed by atoms with Crippen molar-refractivity contribution < 1.29 is 13.2 Å². The van der Waals surface area contributed by atoms with Crippen molar-refractivity contribution in [3.63, 3.8) is 0 Å². The van der Waals surface area contributed by atoms with Gasteiger partial charge < -0.3 is 10.5 Å². The molecule has 1 unspecified atom stereocenters. The van der Waals surface area contributed by atoms with Gasteiger partial charge in [-0.1, -0.05) is 6.08 Å². The number of anilines is 1. The zero-order valence-corrected chi connectivity index (χ0v) is 12.0. The third-order valence-corrected chi connectivity index (χ3v) is 4.04. The Labute approximate surface area is 114 Å². The highest BCUT2D eigenvalue weighted by Crippen LogP contribution is 2.26. The van der Waals surface area contributed by atoms with Crippen molar-refractivity contribution >= 4 is 15.7 Å². The van der Waals surface area contributed by atoms with Crippen LogP contribution in [0.1, 0.15) is 20.3 Å². The van der Waals surface area contributed by atoms with E-state index in [1.807, 2.05) is 0 Å². The van der Waals surface area contributed by atoms with Crippen LogP contribution in [0.5, 0.6) is 5.75 Å². The first kappa shape index (κ1) is 15.5. The number of ether oxygens (including phenoxy) is 1. The van der Waals surface area contributed by atoms with Gasteiger partial charge >= 0.3 is 0 Å². The van der Waals surface area contributed by atoms with E-state index in [1.165, 1.54) is 6.07 Å². The molecule has 0 heterocycles. The Bertz CT molecular complexity index is 541. The Morgan fingerprint density at radius 3 is 2.79 bits per heavy atom. The smallest absolute Gasteiger partial charge is 0.244 e. The average Bonchev–Trinajstić information content (AvgIpc) is 2.31. The second-order valence-corrected chi connectivity index (χ2v) is 5.87. The number of benzene rings is 1. The molecular weight excluding hydrogens is 264 g/mol. The van der Waals surface area contributed by atoms with E-state index in [1.54, 1.807) is 32.1 Å². The van der Waals surface area contributed by atoms with E-state index in [0.717, 1.165) is 0 Å².